The molecule has 0 radical (unpaired) electrons. The van der Waals surface area contributed by atoms with E-state index in [1.54, 1.807) is 0 Å². The van der Waals surface area contributed by atoms with E-state index in [0.717, 1.165) is 35.9 Å². The molecule has 2 aromatic rings. The van der Waals surface area contributed by atoms with Crippen LogP contribution in [0.2, 0.25) is 0 Å². The van der Waals surface area contributed by atoms with Crippen molar-refractivity contribution in [1.29, 1.82) is 0 Å². The van der Waals surface area contributed by atoms with E-state index in [1.807, 2.05) is 25.1 Å². The number of oxazole rings is 1. The summed E-state index contributed by atoms with van der Waals surface area (Å²) in [4.78, 5) is 16.0. The van der Waals surface area contributed by atoms with Gasteiger partial charge in [0.15, 0.2) is 11.5 Å². The molecule has 0 spiro atoms. The van der Waals surface area contributed by atoms with Gasteiger partial charge < -0.3 is 9.15 Å². The highest BCUT2D eigenvalue weighted by atomic mass is 16.5. The maximum absolute atomic E-state index is 11.7. The second kappa shape index (κ2) is 3.83. The van der Waals surface area contributed by atoms with E-state index in [4.69, 9.17) is 9.15 Å². The Morgan fingerprint density at radius 2 is 2.28 bits per heavy atom. The Morgan fingerprint density at radius 3 is 2.94 bits per heavy atom. The molecular formula is C14H15NO3. The van der Waals surface area contributed by atoms with Gasteiger partial charge in [-0.3, -0.25) is 4.79 Å². The third-order valence-electron chi connectivity index (χ3n) is 3.57. The minimum Gasteiger partial charge on any atom is -0.469 e. The molecule has 0 unspecified atom stereocenters. The SMILES string of the molecule is COC(=O)C1(Cc2ccc3oc(C)nc3c2)CC1. The van der Waals surface area contributed by atoms with Gasteiger partial charge in [-0.2, -0.15) is 0 Å². The van der Waals surface area contributed by atoms with Crippen molar-refractivity contribution in [2.24, 2.45) is 5.41 Å². The third-order valence-corrected chi connectivity index (χ3v) is 3.57. The molecule has 94 valence electrons. The summed E-state index contributed by atoms with van der Waals surface area (Å²) in [6.07, 6.45) is 2.55. The molecule has 1 fully saturated rings. The molecule has 4 heteroatoms. The number of benzene rings is 1. The van der Waals surface area contributed by atoms with E-state index in [2.05, 4.69) is 4.98 Å². The lowest BCUT2D eigenvalue weighted by atomic mass is 9.96. The molecule has 3 rings (SSSR count). The highest BCUT2D eigenvalue weighted by Gasteiger charge is 2.50. The second-order valence-corrected chi connectivity index (χ2v) is 4.98. The first-order chi connectivity index (χ1) is 8.63. The van der Waals surface area contributed by atoms with Crippen LogP contribution in [0.5, 0.6) is 0 Å². The van der Waals surface area contributed by atoms with Crippen LogP contribution in [0.3, 0.4) is 0 Å². The molecule has 1 aromatic carbocycles. The molecule has 0 N–H and O–H groups in total. The quantitative estimate of drug-likeness (QED) is 0.780. The van der Waals surface area contributed by atoms with Gasteiger partial charge in [-0.25, -0.2) is 4.98 Å². The summed E-state index contributed by atoms with van der Waals surface area (Å²) in [7, 11) is 1.45. The Balaban J connectivity index is 1.89. The summed E-state index contributed by atoms with van der Waals surface area (Å²) in [5.41, 5.74) is 2.46. The molecule has 1 aliphatic rings. The molecular weight excluding hydrogens is 230 g/mol. The van der Waals surface area contributed by atoms with Crippen molar-refractivity contribution < 1.29 is 13.9 Å². The minimum atomic E-state index is -0.290. The van der Waals surface area contributed by atoms with Gasteiger partial charge in [-0.05, 0) is 37.0 Å². The van der Waals surface area contributed by atoms with Gasteiger partial charge in [0, 0.05) is 6.92 Å². The normalized spacial score (nSPS) is 16.8. The van der Waals surface area contributed by atoms with Gasteiger partial charge in [0.25, 0.3) is 0 Å². The number of carbonyl (C=O) groups excluding carboxylic acids is 1. The molecule has 1 saturated carbocycles. The smallest absolute Gasteiger partial charge is 0.312 e. The second-order valence-electron chi connectivity index (χ2n) is 4.98. The molecule has 0 aliphatic heterocycles. The Kier molecular flexibility index (Phi) is 2.40. The fraction of sp³-hybridized carbons (Fsp3) is 0.429. The first-order valence-electron chi connectivity index (χ1n) is 6.07. The van der Waals surface area contributed by atoms with Crippen molar-refractivity contribution in [2.45, 2.75) is 26.2 Å². The van der Waals surface area contributed by atoms with E-state index in [0.29, 0.717) is 5.89 Å². The van der Waals surface area contributed by atoms with E-state index in [-0.39, 0.29) is 11.4 Å². The molecule has 0 saturated heterocycles. The fourth-order valence-electron chi connectivity index (χ4n) is 2.41. The first-order valence-corrected chi connectivity index (χ1v) is 6.07. The van der Waals surface area contributed by atoms with E-state index >= 15 is 0 Å². The van der Waals surface area contributed by atoms with Crippen LogP contribution in [0.1, 0.15) is 24.3 Å². The van der Waals surface area contributed by atoms with Gasteiger partial charge in [0.1, 0.15) is 5.52 Å². The zero-order valence-electron chi connectivity index (χ0n) is 10.5. The number of nitrogens with zero attached hydrogens (tertiary/aromatic N) is 1. The summed E-state index contributed by atoms with van der Waals surface area (Å²) < 4.78 is 10.3. The van der Waals surface area contributed by atoms with Gasteiger partial charge in [-0.15, -0.1) is 0 Å². The van der Waals surface area contributed by atoms with Crippen molar-refractivity contribution in [3.8, 4) is 0 Å². The lowest BCUT2D eigenvalue weighted by Crippen LogP contribution is -2.19. The van der Waals surface area contributed by atoms with E-state index in [9.17, 15) is 4.79 Å². The van der Waals surface area contributed by atoms with Crippen LogP contribution in [0.25, 0.3) is 11.1 Å². The highest BCUT2D eigenvalue weighted by Crippen LogP contribution is 2.49. The van der Waals surface area contributed by atoms with Crippen LogP contribution < -0.4 is 0 Å². The third kappa shape index (κ3) is 1.78. The molecule has 1 aliphatic carbocycles. The fourth-order valence-corrected chi connectivity index (χ4v) is 2.41. The number of ether oxygens (including phenoxy) is 1. The van der Waals surface area contributed by atoms with Crippen molar-refractivity contribution in [2.75, 3.05) is 7.11 Å². The predicted molar refractivity (Wildman–Crippen MR) is 66.1 cm³/mol. The van der Waals surface area contributed by atoms with Gasteiger partial charge in [-0.1, -0.05) is 6.07 Å². The molecule has 0 atom stereocenters. The van der Waals surface area contributed by atoms with Crippen LogP contribution in [-0.4, -0.2) is 18.1 Å². The Hall–Kier alpha value is -1.84. The summed E-state index contributed by atoms with van der Waals surface area (Å²) in [5, 5.41) is 0. The average molecular weight is 245 g/mol. The number of hydrogen-bond donors (Lipinski definition) is 0. The monoisotopic (exact) mass is 245 g/mol. The standard InChI is InChI=1S/C14H15NO3/c1-9-15-11-7-10(3-4-12(11)18-9)8-14(5-6-14)13(16)17-2/h3-4,7H,5-6,8H2,1-2H3. The Morgan fingerprint density at radius 1 is 1.50 bits per heavy atom. The topological polar surface area (TPSA) is 52.3 Å². The number of carbonyl (C=O) groups is 1. The lowest BCUT2D eigenvalue weighted by Gasteiger charge is -2.11. The maximum atomic E-state index is 11.7. The van der Waals surface area contributed by atoms with Crippen molar-refractivity contribution in [3.63, 3.8) is 0 Å². The number of rotatable bonds is 3. The first kappa shape index (κ1) is 11.3. The van der Waals surface area contributed by atoms with Crippen LogP contribution in [-0.2, 0) is 16.0 Å². The number of fused-ring (bicyclic) bond motifs is 1. The molecule has 1 aromatic heterocycles. The predicted octanol–water partition coefficient (Wildman–Crippen LogP) is 2.63. The van der Waals surface area contributed by atoms with Crippen molar-refractivity contribution >= 4 is 17.1 Å². The molecule has 1 heterocycles. The summed E-state index contributed by atoms with van der Waals surface area (Å²) >= 11 is 0. The zero-order chi connectivity index (χ0) is 12.8. The van der Waals surface area contributed by atoms with E-state index in [1.165, 1.54) is 7.11 Å². The molecule has 4 nitrogen and oxygen atoms in total. The number of aryl methyl sites for hydroxylation is 1. The van der Waals surface area contributed by atoms with Gasteiger partial charge in [0.2, 0.25) is 0 Å². The number of hydrogen-bond acceptors (Lipinski definition) is 4. The van der Waals surface area contributed by atoms with Crippen LogP contribution >= 0.6 is 0 Å². The summed E-state index contributed by atoms with van der Waals surface area (Å²) in [6, 6.07) is 5.91. The highest BCUT2D eigenvalue weighted by molar-refractivity contribution is 5.80. The lowest BCUT2D eigenvalue weighted by molar-refractivity contribution is -0.147. The molecule has 0 bridgehead atoms. The maximum Gasteiger partial charge on any atom is 0.312 e. The largest absolute Gasteiger partial charge is 0.469 e. The minimum absolute atomic E-state index is 0.0982. The number of aromatic nitrogens is 1. The number of methoxy groups -OCH3 is 1. The number of esters is 1. The summed E-state index contributed by atoms with van der Waals surface area (Å²) in [6.45, 7) is 1.83. The van der Waals surface area contributed by atoms with Crippen LogP contribution in [0, 0.1) is 12.3 Å². The zero-order valence-corrected chi connectivity index (χ0v) is 10.5. The molecule has 18 heavy (non-hydrogen) atoms. The Labute approximate surface area is 105 Å². The van der Waals surface area contributed by atoms with E-state index < -0.39 is 0 Å². The molecule has 0 amide bonds. The van der Waals surface area contributed by atoms with Crippen molar-refractivity contribution in [1.82, 2.24) is 4.98 Å². The van der Waals surface area contributed by atoms with Crippen LogP contribution in [0.15, 0.2) is 22.6 Å². The average Bonchev–Trinajstić information content (AvgIpc) is 3.03. The van der Waals surface area contributed by atoms with Crippen LogP contribution in [0.4, 0.5) is 0 Å². The Bertz CT molecular complexity index is 611. The van der Waals surface area contributed by atoms with Crippen molar-refractivity contribution in [3.05, 3.63) is 29.7 Å². The van der Waals surface area contributed by atoms with Gasteiger partial charge >= 0.3 is 5.97 Å². The summed E-state index contributed by atoms with van der Waals surface area (Å²) in [5.74, 6) is 0.565. The van der Waals surface area contributed by atoms with Gasteiger partial charge in [0.05, 0.1) is 12.5 Å².